The Labute approximate surface area is 102 Å². The molecule has 1 aromatic rings. The van der Waals surface area contributed by atoms with Crippen LogP contribution in [0.3, 0.4) is 0 Å². The summed E-state index contributed by atoms with van der Waals surface area (Å²) >= 11 is 1.96. The summed E-state index contributed by atoms with van der Waals surface area (Å²) in [5.41, 5.74) is 5.95. The minimum absolute atomic E-state index is 0.347. The molecule has 3 heteroatoms. The molecular formula is C13H22N2S. The van der Waals surface area contributed by atoms with Gasteiger partial charge in [-0.1, -0.05) is 6.92 Å². The van der Waals surface area contributed by atoms with Gasteiger partial charge in [0.15, 0.2) is 0 Å². The average molecular weight is 238 g/mol. The summed E-state index contributed by atoms with van der Waals surface area (Å²) in [6.45, 7) is 7.86. The van der Waals surface area contributed by atoms with Crippen LogP contribution < -0.4 is 5.73 Å². The van der Waals surface area contributed by atoms with Crippen LogP contribution in [0.1, 0.15) is 30.0 Å². The Morgan fingerprint density at radius 2 is 2.25 bits per heavy atom. The molecular weight excluding hydrogens is 216 g/mol. The van der Waals surface area contributed by atoms with Gasteiger partial charge in [-0.3, -0.25) is 4.90 Å². The molecule has 1 saturated heterocycles. The molecule has 0 spiro atoms. The molecule has 1 aliphatic heterocycles. The molecule has 0 bridgehead atoms. The smallest absolute Gasteiger partial charge is 0.0328 e. The molecule has 90 valence electrons. The van der Waals surface area contributed by atoms with Crippen LogP contribution in [-0.4, -0.2) is 24.0 Å². The molecule has 1 aromatic heterocycles. The maximum absolute atomic E-state index is 5.95. The number of likely N-dealkylation sites (tertiary alicyclic amines) is 1. The lowest BCUT2D eigenvalue weighted by Gasteiger charge is -2.16. The Bertz CT molecular complexity index is 332. The molecule has 0 amide bonds. The fraction of sp³-hybridized carbons (Fsp3) is 0.692. The number of aryl methyl sites for hydroxylation is 1. The van der Waals surface area contributed by atoms with E-state index in [2.05, 4.69) is 30.9 Å². The molecule has 0 radical (unpaired) electrons. The van der Waals surface area contributed by atoms with Crippen molar-refractivity contribution in [3.63, 3.8) is 0 Å². The third kappa shape index (κ3) is 2.84. The molecule has 2 N–H and O–H groups in total. The van der Waals surface area contributed by atoms with Gasteiger partial charge in [0.1, 0.15) is 0 Å². The van der Waals surface area contributed by atoms with Gasteiger partial charge in [-0.25, -0.2) is 0 Å². The summed E-state index contributed by atoms with van der Waals surface area (Å²) in [4.78, 5) is 5.54. The fourth-order valence-electron chi connectivity index (χ4n) is 2.35. The van der Waals surface area contributed by atoms with Gasteiger partial charge >= 0.3 is 0 Å². The Morgan fingerprint density at radius 1 is 1.50 bits per heavy atom. The summed E-state index contributed by atoms with van der Waals surface area (Å²) in [6.07, 6.45) is 2.43. The number of nitrogens with two attached hydrogens (primary N) is 1. The summed E-state index contributed by atoms with van der Waals surface area (Å²) < 4.78 is 0. The van der Waals surface area contributed by atoms with Crippen molar-refractivity contribution in [2.24, 2.45) is 11.7 Å². The van der Waals surface area contributed by atoms with E-state index in [-0.39, 0.29) is 0 Å². The van der Waals surface area contributed by atoms with Gasteiger partial charge in [-0.2, -0.15) is 0 Å². The van der Waals surface area contributed by atoms with Gasteiger partial charge in [0.2, 0.25) is 0 Å². The fourth-order valence-corrected chi connectivity index (χ4v) is 3.35. The van der Waals surface area contributed by atoms with E-state index in [0.717, 1.165) is 13.0 Å². The van der Waals surface area contributed by atoms with Crippen molar-refractivity contribution in [1.29, 1.82) is 0 Å². The molecule has 1 aliphatic rings. The van der Waals surface area contributed by atoms with Gasteiger partial charge in [-0.15, -0.1) is 11.3 Å². The van der Waals surface area contributed by atoms with Crippen molar-refractivity contribution < 1.29 is 0 Å². The highest BCUT2D eigenvalue weighted by molar-refractivity contribution is 7.11. The van der Waals surface area contributed by atoms with Crippen LogP contribution in [0, 0.1) is 5.92 Å². The maximum Gasteiger partial charge on any atom is 0.0328 e. The number of hydrogen-bond donors (Lipinski definition) is 1. The number of hydrogen-bond acceptors (Lipinski definition) is 3. The van der Waals surface area contributed by atoms with Crippen LogP contribution >= 0.6 is 11.3 Å². The number of thiophene rings is 1. The predicted molar refractivity (Wildman–Crippen MR) is 70.7 cm³/mol. The molecule has 16 heavy (non-hydrogen) atoms. The zero-order valence-corrected chi connectivity index (χ0v) is 11.1. The zero-order valence-electron chi connectivity index (χ0n) is 10.3. The highest BCUT2D eigenvalue weighted by Crippen LogP contribution is 2.24. The lowest BCUT2D eigenvalue weighted by molar-refractivity contribution is 0.311. The van der Waals surface area contributed by atoms with Gasteiger partial charge in [0, 0.05) is 28.9 Å². The number of nitrogens with zero attached hydrogens (tertiary/aromatic N) is 1. The van der Waals surface area contributed by atoms with Gasteiger partial charge < -0.3 is 5.73 Å². The molecule has 0 saturated carbocycles. The highest BCUT2D eigenvalue weighted by atomic mass is 32.1. The van der Waals surface area contributed by atoms with Crippen molar-refractivity contribution in [2.45, 2.75) is 39.3 Å². The zero-order chi connectivity index (χ0) is 11.5. The van der Waals surface area contributed by atoms with E-state index in [4.69, 9.17) is 5.73 Å². The molecule has 2 rings (SSSR count). The van der Waals surface area contributed by atoms with Gasteiger partial charge in [-0.05, 0) is 44.4 Å². The maximum atomic E-state index is 5.95. The predicted octanol–water partition coefficient (Wildman–Crippen LogP) is 2.48. The van der Waals surface area contributed by atoms with Gasteiger partial charge in [0.25, 0.3) is 0 Å². The van der Waals surface area contributed by atoms with Crippen molar-refractivity contribution in [1.82, 2.24) is 4.90 Å². The summed E-state index contributed by atoms with van der Waals surface area (Å²) in [5.74, 6) is 0.700. The number of rotatable bonds is 4. The largest absolute Gasteiger partial charge is 0.328 e. The first kappa shape index (κ1) is 12.1. The Balaban J connectivity index is 1.87. The van der Waals surface area contributed by atoms with E-state index in [1.807, 2.05) is 11.3 Å². The molecule has 2 heterocycles. The second-order valence-corrected chi connectivity index (χ2v) is 6.12. The summed E-state index contributed by atoms with van der Waals surface area (Å²) in [6, 6.07) is 4.89. The molecule has 2 nitrogen and oxygen atoms in total. The molecule has 0 aromatic carbocycles. The van der Waals surface area contributed by atoms with Crippen LogP contribution in [0.4, 0.5) is 0 Å². The van der Waals surface area contributed by atoms with Crippen LogP contribution in [0.15, 0.2) is 12.1 Å². The van der Waals surface area contributed by atoms with Crippen molar-refractivity contribution in [3.05, 3.63) is 21.9 Å². The standard InChI is InChI=1S/C13H22N2S/c1-3-12-4-5-13(16-12)9-15-7-6-11(8-15)10(2)14/h4-5,10-11H,3,6-9,14H2,1-2H3. The second-order valence-electron chi connectivity index (χ2n) is 4.86. The minimum atomic E-state index is 0.347. The topological polar surface area (TPSA) is 29.3 Å². The molecule has 2 unspecified atom stereocenters. The average Bonchev–Trinajstić information content (AvgIpc) is 2.87. The SMILES string of the molecule is CCc1ccc(CN2CCC(C(C)N)C2)s1. The molecule has 2 atom stereocenters. The van der Waals surface area contributed by atoms with E-state index in [0.29, 0.717) is 12.0 Å². The van der Waals surface area contributed by atoms with Crippen LogP contribution in [0.25, 0.3) is 0 Å². The van der Waals surface area contributed by atoms with Crippen molar-refractivity contribution in [2.75, 3.05) is 13.1 Å². The van der Waals surface area contributed by atoms with Crippen LogP contribution in [-0.2, 0) is 13.0 Å². The van der Waals surface area contributed by atoms with Gasteiger partial charge in [0.05, 0.1) is 0 Å². The second kappa shape index (κ2) is 5.30. The quantitative estimate of drug-likeness (QED) is 0.873. The lowest BCUT2D eigenvalue weighted by Crippen LogP contribution is -2.29. The third-order valence-electron chi connectivity index (χ3n) is 3.50. The Kier molecular flexibility index (Phi) is 4.00. The Morgan fingerprint density at radius 3 is 2.81 bits per heavy atom. The molecule has 1 fully saturated rings. The van der Waals surface area contributed by atoms with E-state index < -0.39 is 0 Å². The summed E-state index contributed by atoms with van der Waals surface area (Å²) in [5, 5.41) is 0. The van der Waals surface area contributed by atoms with Crippen molar-refractivity contribution in [3.8, 4) is 0 Å². The minimum Gasteiger partial charge on any atom is -0.328 e. The van der Waals surface area contributed by atoms with E-state index in [1.165, 1.54) is 29.3 Å². The highest BCUT2D eigenvalue weighted by Gasteiger charge is 2.25. The Hall–Kier alpha value is -0.380. The van der Waals surface area contributed by atoms with Crippen LogP contribution in [0.2, 0.25) is 0 Å². The van der Waals surface area contributed by atoms with Crippen molar-refractivity contribution >= 4 is 11.3 Å². The van der Waals surface area contributed by atoms with E-state index in [9.17, 15) is 0 Å². The first-order valence-electron chi connectivity index (χ1n) is 6.24. The third-order valence-corrected chi connectivity index (χ3v) is 4.71. The normalized spacial score (nSPS) is 23.8. The van der Waals surface area contributed by atoms with Crippen LogP contribution in [0.5, 0.6) is 0 Å². The monoisotopic (exact) mass is 238 g/mol. The molecule has 0 aliphatic carbocycles. The lowest BCUT2D eigenvalue weighted by atomic mass is 10.0. The first-order chi connectivity index (χ1) is 7.69. The first-order valence-corrected chi connectivity index (χ1v) is 7.06. The summed E-state index contributed by atoms with van der Waals surface area (Å²) in [7, 11) is 0. The van der Waals surface area contributed by atoms with E-state index in [1.54, 1.807) is 0 Å². The van der Waals surface area contributed by atoms with E-state index >= 15 is 0 Å².